The predicted molar refractivity (Wildman–Crippen MR) is 103 cm³/mol. The summed E-state index contributed by atoms with van der Waals surface area (Å²) < 4.78 is 43.6. The van der Waals surface area contributed by atoms with E-state index in [1.165, 1.54) is 0 Å². The number of halogens is 3. The summed E-state index contributed by atoms with van der Waals surface area (Å²) in [5.74, 6) is 0.716. The van der Waals surface area contributed by atoms with Crippen molar-refractivity contribution in [3.05, 3.63) is 41.9 Å². The van der Waals surface area contributed by atoms with Gasteiger partial charge >= 0.3 is 6.18 Å². The SMILES string of the molecule is Cc1cc(Cn2cc3c(NC(=O)C4CC4)nccc3n2)cnc1OCCC(F)(F)F. The van der Waals surface area contributed by atoms with E-state index in [0.717, 1.165) is 23.8 Å². The minimum atomic E-state index is -4.26. The molecule has 1 saturated carbocycles. The maximum absolute atomic E-state index is 12.3. The van der Waals surface area contributed by atoms with Crippen LogP contribution in [0.15, 0.2) is 30.7 Å². The highest BCUT2D eigenvalue weighted by atomic mass is 19.4. The fraction of sp³-hybridized carbons (Fsp3) is 0.400. The van der Waals surface area contributed by atoms with Gasteiger partial charge in [-0.1, -0.05) is 0 Å². The van der Waals surface area contributed by atoms with Crippen LogP contribution in [0.4, 0.5) is 19.0 Å². The van der Waals surface area contributed by atoms with Gasteiger partial charge < -0.3 is 10.1 Å². The number of hydrogen-bond donors (Lipinski definition) is 1. The molecule has 1 N–H and O–H groups in total. The van der Waals surface area contributed by atoms with Crippen LogP contribution < -0.4 is 10.1 Å². The normalized spacial score (nSPS) is 14.1. The zero-order valence-electron chi connectivity index (χ0n) is 16.2. The van der Waals surface area contributed by atoms with Crippen LogP contribution in [0.1, 0.15) is 30.4 Å². The summed E-state index contributed by atoms with van der Waals surface area (Å²) in [6.07, 6.45) is 1.48. The van der Waals surface area contributed by atoms with Gasteiger partial charge in [-0.05, 0) is 37.5 Å². The van der Waals surface area contributed by atoms with Crippen LogP contribution in [0, 0.1) is 12.8 Å². The molecular formula is C20H20F3N5O2. The average molecular weight is 419 g/mol. The molecular weight excluding hydrogens is 399 g/mol. The van der Waals surface area contributed by atoms with Gasteiger partial charge in [0.1, 0.15) is 5.82 Å². The van der Waals surface area contributed by atoms with Crippen LogP contribution in [0.5, 0.6) is 5.88 Å². The first kappa shape index (κ1) is 20.1. The maximum atomic E-state index is 12.3. The van der Waals surface area contributed by atoms with E-state index < -0.39 is 19.2 Å². The molecule has 10 heteroatoms. The number of nitrogens with zero attached hydrogens (tertiary/aromatic N) is 4. The van der Waals surface area contributed by atoms with Gasteiger partial charge in [-0.2, -0.15) is 18.3 Å². The summed E-state index contributed by atoms with van der Waals surface area (Å²) in [7, 11) is 0. The summed E-state index contributed by atoms with van der Waals surface area (Å²) in [5, 5.41) is 8.10. The van der Waals surface area contributed by atoms with Crippen molar-refractivity contribution in [3.8, 4) is 5.88 Å². The van der Waals surface area contributed by atoms with E-state index in [1.54, 1.807) is 42.3 Å². The van der Waals surface area contributed by atoms with E-state index >= 15 is 0 Å². The molecule has 3 heterocycles. The standard InChI is InChI=1S/C20H20F3N5O2/c1-12-8-13(9-25-19(12)30-7-5-20(21,22)23)10-28-11-15-16(27-28)4-6-24-17(15)26-18(29)14-2-3-14/h4,6,8-9,11,14H,2-3,5,7,10H2,1H3,(H,24,26,29). The van der Waals surface area contributed by atoms with Gasteiger partial charge in [0, 0.05) is 30.1 Å². The second-order valence-electron chi connectivity index (χ2n) is 7.36. The van der Waals surface area contributed by atoms with Crippen molar-refractivity contribution in [1.82, 2.24) is 19.7 Å². The molecule has 158 valence electrons. The van der Waals surface area contributed by atoms with Crippen LogP contribution in [0.2, 0.25) is 0 Å². The number of carbonyl (C=O) groups excluding carboxylic acids is 1. The summed E-state index contributed by atoms with van der Waals surface area (Å²) in [4.78, 5) is 20.4. The lowest BCUT2D eigenvalue weighted by atomic mass is 10.2. The number of ether oxygens (including phenoxy) is 1. The van der Waals surface area contributed by atoms with Crippen LogP contribution in [0.3, 0.4) is 0 Å². The van der Waals surface area contributed by atoms with Crippen LogP contribution >= 0.6 is 0 Å². The Labute approximate surface area is 170 Å². The Morgan fingerprint density at radius 2 is 2.13 bits per heavy atom. The van der Waals surface area contributed by atoms with Gasteiger partial charge in [-0.3, -0.25) is 9.48 Å². The molecule has 1 aliphatic rings. The lowest BCUT2D eigenvalue weighted by Gasteiger charge is -2.11. The van der Waals surface area contributed by atoms with Gasteiger partial charge in [0.2, 0.25) is 11.8 Å². The topological polar surface area (TPSA) is 81.9 Å². The summed E-state index contributed by atoms with van der Waals surface area (Å²) in [6, 6.07) is 3.57. The second-order valence-corrected chi connectivity index (χ2v) is 7.36. The van der Waals surface area contributed by atoms with Crippen molar-refractivity contribution in [1.29, 1.82) is 0 Å². The highest BCUT2D eigenvalue weighted by Gasteiger charge is 2.30. The van der Waals surface area contributed by atoms with E-state index in [0.29, 0.717) is 23.4 Å². The Morgan fingerprint density at radius 3 is 2.83 bits per heavy atom. The first-order valence-electron chi connectivity index (χ1n) is 9.56. The molecule has 0 unspecified atom stereocenters. The van der Waals surface area contributed by atoms with E-state index in [1.807, 2.05) is 0 Å². The number of anilines is 1. The van der Waals surface area contributed by atoms with Crippen molar-refractivity contribution in [3.63, 3.8) is 0 Å². The number of fused-ring (bicyclic) bond motifs is 1. The fourth-order valence-electron chi connectivity index (χ4n) is 3.05. The smallest absolute Gasteiger partial charge is 0.392 e. The molecule has 0 atom stereocenters. The molecule has 30 heavy (non-hydrogen) atoms. The Morgan fingerprint density at radius 1 is 1.33 bits per heavy atom. The summed E-state index contributed by atoms with van der Waals surface area (Å²) in [5.41, 5.74) is 2.17. The highest BCUT2D eigenvalue weighted by molar-refractivity contribution is 6.00. The molecule has 3 aromatic rings. The van der Waals surface area contributed by atoms with Crippen LogP contribution in [-0.4, -0.2) is 38.4 Å². The van der Waals surface area contributed by atoms with E-state index in [-0.39, 0.29) is 17.7 Å². The second kappa shape index (κ2) is 7.92. The monoisotopic (exact) mass is 419 g/mol. The number of alkyl halides is 3. The Bertz CT molecular complexity index is 1080. The Kier molecular flexibility index (Phi) is 5.31. The fourth-order valence-corrected chi connectivity index (χ4v) is 3.05. The number of hydrogen-bond acceptors (Lipinski definition) is 5. The lowest BCUT2D eigenvalue weighted by Crippen LogP contribution is -2.14. The highest BCUT2D eigenvalue weighted by Crippen LogP contribution is 2.31. The van der Waals surface area contributed by atoms with Gasteiger partial charge in [0.15, 0.2) is 0 Å². The third kappa shape index (κ3) is 4.87. The number of carbonyl (C=O) groups is 1. The zero-order valence-corrected chi connectivity index (χ0v) is 16.2. The number of pyridine rings is 2. The van der Waals surface area contributed by atoms with Crippen LogP contribution in [-0.2, 0) is 11.3 Å². The Balaban J connectivity index is 1.46. The first-order chi connectivity index (χ1) is 14.3. The van der Waals surface area contributed by atoms with Gasteiger partial charge in [0.05, 0.1) is 30.5 Å². The van der Waals surface area contributed by atoms with Crippen molar-refractivity contribution < 1.29 is 22.7 Å². The number of aryl methyl sites for hydroxylation is 1. The summed E-state index contributed by atoms with van der Waals surface area (Å²) in [6.45, 7) is 1.67. The Hall–Kier alpha value is -3.17. The third-order valence-corrected chi connectivity index (χ3v) is 4.73. The first-order valence-corrected chi connectivity index (χ1v) is 9.56. The number of amides is 1. The number of aromatic nitrogens is 4. The van der Waals surface area contributed by atoms with E-state index in [9.17, 15) is 18.0 Å². The van der Waals surface area contributed by atoms with E-state index in [4.69, 9.17) is 4.74 Å². The van der Waals surface area contributed by atoms with Gasteiger partial charge in [-0.25, -0.2) is 9.97 Å². The molecule has 0 radical (unpaired) electrons. The van der Waals surface area contributed by atoms with Crippen molar-refractivity contribution in [2.75, 3.05) is 11.9 Å². The predicted octanol–water partition coefficient (Wildman–Crippen LogP) is 3.86. The number of rotatable bonds is 7. The minimum Gasteiger partial charge on any atom is -0.477 e. The molecule has 0 aliphatic heterocycles. The minimum absolute atomic E-state index is 0.0244. The maximum Gasteiger partial charge on any atom is 0.392 e. The third-order valence-electron chi connectivity index (χ3n) is 4.73. The number of nitrogens with one attached hydrogen (secondary N) is 1. The largest absolute Gasteiger partial charge is 0.477 e. The molecule has 4 rings (SSSR count). The lowest BCUT2D eigenvalue weighted by molar-refractivity contribution is -0.139. The summed E-state index contributed by atoms with van der Waals surface area (Å²) >= 11 is 0. The van der Waals surface area contributed by atoms with Crippen molar-refractivity contribution >= 4 is 22.6 Å². The zero-order chi connectivity index (χ0) is 21.3. The van der Waals surface area contributed by atoms with Crippen LogP contribution in [0.25, 0.3) is 10.9 Å². The molecule has 0 spiro atoms. The van der Waals surface area contributed by atoms with E-state index in [2.05, 4.69) is 20.4 Å². The molecule has 0 saturated heterocycles. The van der Waals surface area contributed by atoms with Gasteiger partial charge in [-0.15, -0.1) is 0 Å². The quantitative estimate of drug-likeness (QED) is 0.629. The van der Waals surface area contributed by atoms with Gasteiger partial charge in [0.25, 0.3) is 0 Å². The molecule has 1 aliphatic carbocycles. The van der Waals surface area contributed by atoms with Crippen molar-refractivity contribution in [2.45, 2.75) is 38.9 Å². The van der Waals surface area contributed by atoms with Crippen molar-refractivity contribution in [2.24, 2.45) is 5.92 Å². The molecule has 0 bridgehead atoms. The molecule has 0 aromatic carbocycles. The molecule has 1 amide bonds. The molecule has 1 fully saturated rings. The molecule has 3 aromatic heterocycles. The average Bonchev–Trinajstić information content (AvgIpc) is 3.43. The molecule has 7 nitrogen and oxygen atoms in total.